The second kappa shape index (κ2) is 6.27. The Hall–Kier alpha value is -2.21. The number of hydrogen-bond donors (Lipinski definition) is 2. The topological polar surface area (TPSA) is 80.0 Å². The summed E-state index contributed by atoms with van der Waals surface area (Å²) in [6, 6.07) is 9.70. The maximum atomic E-state index is 11.9. The number of aromatic nitrogens is 3. The summed E-state index contributed by atoms with van der Waals surface area (Å²) >= 11 is 0. The van der Waals surface area contributed by atoms with Gasteiger partial charge in [0.25, 0.3) is 0 Å². The Kier molecular flexibility index (Phi) is 4.20. The number of rotatable bonds is 5. The first-order valence-corrected chi connectivity index (χ1v) is 7.59. The Balaban J connectivity index is 1.55. The molecule has 1 aromatic heterocycles. The summed E-state index contributed by atoms with van der Waals surface area (Å²) in [5.41, 5.74) is 0.977. The van der Waals surface area contributed by atoms with Crippen LogP contribution in [0.25, 0.3) is 11.3 Å². The van der Waals surface area contributed by atoms with E-state index in [-0.39, 0.29) is 12.5 Å². The van der Waals surface area contributed by atoms with Gasteiger partial charge in [-0.15, -0.1) is 5.10 Å². The molecule has 1 fully saturated rings. The van der Waals surface area contributed by atoms with Gasteiger partial charge in [0.1, 0.15) is 12.2 Å². The number of benzene rings is 1. The lowest BCUT2D eigenvalue weighted by atomic mass is 10.0. The second-order valence-corrected chi connectivity index (χ2v) is 5.88. The maximum absolute atomic E-state index is 11.9. The Morgan fingerprint density at radius 2 is 2.00 bits per heavy atom. The smallest absolute Gasteiger partial charge is 0.241 e. The highest BCUT2D eigenvalue weighted by Gasteiger charge is 2.31. The van der Waals surface area contributed by atoms with Crippen LogP contribution < -0.4 is 5.32 Å². The van der Waals surface area contributed by atoms with E-state index in [0.29, 0.717) is 6.54 Å². The van der Waals surface area contributed by atoms with Crippen molar-refractivity contribution in [3.8, 4) is 11.3 Å². The first-order chi connectivity index (χ1) is 10.6. The Morgan fingerprint density at radius 3 is 2.73 bits per heavy atom. The number of nitrogens with zero attached hydrogens (tertiary/aromatic N) is 3. The Bertz CT molecular complexity index is 633. The third-order valence-corrected chi connectivity index (χ3v) is 4.06. The van der Waals surface area contributed by atoms with Gasteiger partial charge in [0.2, 0.25) is 5.91 Å². The number of amides is 1. The molecule has 1 aliphatic carbocycles. The lowest BCUT2D eigenvalue weighted by Crippen LogP contribution is -2.41. The van der Waals surface area contributed by atoms with Gasteiger partial charge in [-0.05, 0) is 12.8 Å². The van der Waals surface area contributed by atoms with Gasteiger partial charge >= 0.3 is 0 Å². The van der Waals surface area contributed by atoms with Gasteiger partial charge in [-0.1, -0.05) is 48.4 Å². The summed E-state index contributed by atoms with van der Waals surface area (Å²) in [4.78, 5) is 11.9. The molecule has 0 bridgehead atoms. The van der Waals surface area contributed by atoms with E-state index in [0.717, 1.165) is 36.9 Å². The number of carbonyl (C=O) groups is 1. The second-order valence-electron chi connectivity index (χ2n) is 5.88. The molecule has 0 unspecified atom stereocenters. The number of hydrogen-bond acceptors (Lipinski definition) is 4. The quantitative estimate of drug-likeness (QED) is 0.874. The number of nitrogens with one attached hydrogen (secondary N) is 1. The van der Waals surface area contributed by atoms with Gasteiger partial charge in [-0.25, -0.2) is 4.68 Å². The molecule has 116 valence electrons. The number of aliphatic hydroxyl groups is 1. The zero-order valence-electron chi connectivity index (χ0n) is 12.4. The molecular weight excluding hydrogens is 280 g/mol. The maximum Gasteiger partial charge on any atom is 0.241 e. The molecule has 1 saturated carbocycles. The van der Waals surface area contributed by atoms with Crippen LogP contribution in [0.4, 0.5) is 0 Å². The molecular formula is C16H20N4O2. The van der Waals surface area contributed by atoms with E-state index in [9.17, 15) is 9.90 Å². The first kappa shape index (κ1) is 14.7. The van der Waals surface area contributed by atoms with Gasteiger partial charge in [-0.3, -0.25) is 4.79 Å². The van der Waals surface area contributed by atoms with Gasteiger partial charge in [0.15, 0.2) is 0 Å². The lowest BCUT2D eigenvalue weighted by molar-refractivity contribution is -0.123. The summed E-state index contributed by atoms with van der Waals surface area (Å²) in [6.07, 6.45) is 5.31. The van der Waals surface area contributed by atoms with Crippen LogP contribution in [0.3, 0.4) is 0 Å². The van der Waals surface area contributed by atoms with Crippen LogP contribution in [0.1, 0.15) is 25.7 Å². The van der Waals surface area contributed by atoms with Crippen LogP contribution in [0.15, 0.2) is 36.5 Å². The summed E-state index contributed by atoms with van der Waals surface area (Å²) in [5.74, 6) is -0.162. The molecule has 1 aromatic carbocycles. The minimum absolute atomic E-state index is 0.107. The molecule has 0 radical (unpaired) electrons. The first-order valence-electron chi connectivity index (χ1n) is 7.59. The van der Waals surface area contributed by atoms with Crippen molar-refractivity contribution in [2.45, 2.75) is 37.8 Å². The Labute approximate surface area is 129 Å². The fraction of sp³-hybridized carbons (Fsp3) is 0.438. The summed E-state index contributed by atoms with van der Waals surface area (Å²) in [7, 11) is 0. The highest BCUT2D eigenvalue weighted by atomic mass is 16.3. The van der Waals surface area contributed by atoms with Crippen LogP contribution in [0.5, 0.6) is 0 Å². The average molecular weight is 300 g/mol. The third kappa shape index (κ3) is 3.51. The van der Waals surface area contributed by atoms with Gasteiger partial charge in [-0.2, -0.15) is 0 Å². The molecule has 3 rings (SSSR count). The standard InChI is InChI=1S/C16H20N4O2/c21-15(17-12-16(22)8-4-5-9-16)11-20-10-14(18-19-20)13-6-2-1-3-7-13/h1-3,6-7,10,22H,4-5,8-9,11-12H2,(H,17,21). The van der Waals surface area contributed by atoms with E-state index < -0.39 is 5.60 Å². The predicted octanol–water partition coefficient (Wildman–Crippen LogP) is 1.37. The minimum atomic E-state index is -0.729. The molecule has 2 aromatic rings. The van der Waals surface area contributed by atoms with Crippen molar-refractivity contribution in [1.82, 2.24) is 20.3 Å². The summed E-state index contributed by atoms with van der Waals surface area (Å²) in [5, 5.41) is 21.0. The molecule has 1 aliphatic rings. The normalized spacial score (nSPS) is 16.6. The van der Waals surface area contributed by atoms with E-state index in [1.807, 2.05) is 30.3 Å². The molecule has 0 spiro atoms. The highest BCUT2D eigenvalue weighted by Crippen LogP contribution is 2.28. The zero-order chi connectivity index (χ0) is 15.4. The van der Waals surface area contributed by atoms with Gasteiger partial charge in [0, 0.05) is 12.1 Å². The lowest BCUT2D eigenvalue weighted by Gasteiger charge is -2.22. The molecule has 22 heavy (non-hydrogen) atoms. The largest absolute Gasteiger partial charge is 0.388 e. The van der Waals surface area contributed by atoms with Crippen LogP contribution in [-0.2, 0) is 11.3 Å². The van der Waals surface area contributed by atoms with Crippen molar-refractivity contribution in [3.05, 3.63) is 36.5 Å². The van der Waals surface area contributed by atoms with Crippen LogP contribution >= 0.6 is 0 Å². The molecule has 6 heteroatoms. The fourth-order valence-electron chi connectivity index (χ4n) is 2.79. The molecule has 6 nitrogen and oxygen atoms in total. The van der Waals surface area contributed by atoms with Crippen LogP contribution in [-0.4, -0.2) is 38.2 Å². The molecule has 0 atom stereocenters. The van der Waals surface area contributed by atoms with E-state index in [1.165, 1.54) is 4.68 Å². The third-order valence-electron chi connectivity index (χ3n) is 4.06. The molecule has 0 aliphatic heterocycles. The summed E-state index contributed by atoms with van der Waals surface area (Å²) < 4.78 is 1.51. The Morgan fingerprint density at radius 1 is 1.27 bits per heavy atom. The predicted molar refractivity (Wildman–Crippen MR) is 81.9 cm³/mol. The molecule has 1 amide bonds. The fourth-order valence-corrected chi connectivity index (χ4v) is 2.79. The van der Waals surface area contributed by atoms with Crippen molar-refractivity contribution < 1.29 is 9.90 Å². The van der Waals surface area contributed by atoms with Crippen LogP contribution in [0.2, 0.25) is 0 Å². The van der Waals surface area contributed by atoms with E-state index in [2.05, 4.69) is 15.6 Å². The van der Waals surface area contributed by atoms with E-state index in [1.54, 1.807) is 6.20 Å². The summed E-state index contributed by atoms with van der Waals surface area (Å²) in [6.45, 7) is 0.419. The van der Waals surface area contributed by atoms with E-state index in [4.69, 9.17) is 0 Å². The van der Waals surface area contributed by atoms with Crippen molar-refractivity contribution in [3.63, 3.8) is 0 Å². The van der Waals surface area contributed by atoms with Gasteiger partial charge in [0.05, 0.1) is 11.8 Å². The SMILES string of the molecule is O=C(Cn1cc(-c2ccccc2)nn1)NCC1(O)CCCC1. The molecule has 1 heterocycles. The van der Waals surface area contributed by atoms with Gasteiger partial charge < -0.3 is 10.4 Å². The monoisotopic (exact) mass is 300 g/mol. The average Bonchev–Trinajstić information content (AvgIpc) is 3.16. The molecule has 2 N–H and O–H groups in total. The van der Waals surface area contributed by atoms with Crippen molar-refractivity contribution in [2.75, 3.05) is 6.54 Å². The molecule has 0 saturated heterocycles. The number of carbonyl (C=O) groups excluding carboxylic acids is 1. The zero-order valence-corrected chi connectivity index (χ0v) is 12.4. The minimum Gasteiger partial charge on any atom is -0.388 e. The highest BCUT2D eigenvalue weighted by molar-refractivity contribution is 5.75. The van der Waals surface area contributed by atoms with Crippen LogP contribution in [0, 0.1) is 0 Å². The van der Waals surface area contributed by atoms with E-state index >= 15 is 0 Å². The van der Waals surface area contributed by atoms with Crippen molar-refractivity contribution in [1.29, 1.82) is 0 Å². The van der Waals surface area contributed by atoms with Crippen molar-refractivity contribution >= 4 is 5.91 Å². The van der Waals surface area contributed by atoms with Crippen molar-refractivity contribution in [2.24, 2.45) is 0 Å².